The van der Waals surface area contributed by atoms with Crippen molar-refractivity contribution < 1.29 is 17.6 Å². The quantitative estimate of drug-likeness (QED) is 0.351. The maximum atomic E-state index is 12.7. The van der Waals surface area contributed by atoms with Gasteiger partial charge in [-0.05, 0) is 49.7 Å². The number of fused-ring (bicyclic) bond motifs is 1. The second-order valence-electron chi connectivity index (χ2n) is 6.71. The Morgan fingerprint density at radius 1 is 1.16 bits per heavy atom. The van der Waals surface area contributed by atoms with E-state index in [2.05, 4.69) is 25.2 Å². The van der Waals surface area contributed by atoms with Crippen molar-refractivity contribution >= 4 is 60.9 Å². The average Bonchev–Trinajstić information content (AvgIpc) is 3.37. The molecule has 0 spiro atoms. The second kappa shape index (κ2) is 9.27. The zero-order chi connectivity index (χ0) is 22.7. The lowest BCUT2D eigenvalue weighted by molar-refractivity contribution is -0.115. The fraction of sp³-hybridized carbons (Fsp3) is 0.200. The number of rotatable bonds is 8. The number of carbonyl (C=O) groups excluding carboxylic acids is 1. The topological polar surface area (TPSA) is 127 Å². The number of amides is 1. The van der Waals surface area contributed by atoms with Crippen molar-refractivity contribution in [1.29, 1.82) is 0 Å². The molecule has 0 bridgehead atoms. The van der Waals surface area contributed by atoms with Gasteiger partial charge in [-0.1, -0.05) is 42.2 Å². The molecule has 2 aromatic heterocycles. The third-order valence-electron chi connectivity index (χ3n) is 4.36. The van der Waals surface area contributed by atoms with Gasteiger partial charge in [0.25, 0.3) is 15.2 Å². The minimum absolute atomic E-state index is 0.0521. The first-order valence-electron chi connectivity index (χ1n) is 9.60. The van der Waals surface area contributed by atoms with Gasteiger partial charge in [0.15, 0.2) is 5.58 Å². The van der Waals surface area contributed by atoms with Gasteiger partial charge in [0.2, 0.25) is 11.0 Å². The third-order valence-corrected chi connectivity index (χ3v) is 7.81. The molecular formula is C20H19N5O4S3. The molecule has 166 valence electrons. The van der Waals surface area contributed by atoms with E-state index in [1.807, 2.05) is 31.2 Å². The number of nitrogens with one attached hydrogen (secondary N) is 2. The molecule has 1 unspecified atom stereocenters. The van der Waals surface area contributed by atoms with E-state index in [9.17, 15) is 13.2 Å². The van der Waals surface area contributed by atoms with Gasteiger partial charge in [0.1, 0.15) is 10.5 Å². The number of nitrogens with zero attached hydrogens (tertiary/aromatic N) is 3. The Morgan fingerprint density at radius 2 is 1.91 bits per heavy atom. The molecule has 9 nitrogen and oxygen atoms in total. The van der Waals surface area contributed by atoms with Crippen LogP contribution in [0.5, 0.6) is 0 Å². The summed E-state index contributed by atoms with van der Waals surface area (Å²) in [5, 5.41) is 11.2. The number of anilines is 2. The first kappa shape index (κ1) is 22.2. The molecular weight excluding hydrogens is 470 g/mol. The highest BCUT2D eigenvalue weighted by atomic mass is 32.2. The molecule has 2 aromatic carbocycles. The van der Waals surface area contributed by atoms with Gasteiger partial charge in [-0.15, -0.1) is 10.2 Å². The lowest BCUT2D eigenvalue weighted by Crippen LogP contribution is -2.24. The van der Waals surface area contributed by atoms with Gasteiger partial charge in [-0.2, -0.15) is 0 Å². The lowest BCUT2D eigenvalue weighted by Gasteiger charge is -2.13. The molecule has 0 saturated heterocycles. The summed E-state index contributed by atoms with van der Waals surface area (Å²) in [5.41, 5.74) is 1.89. The van der Waals surface area contributed by atoms with E-state index in [0.29, 0.717) is 27.9 Å². The molecule has 4 aromatic rings. The Morgan fingerprint density at radius 3 is 2.56 bits per heavy atom. The van der Waals surface area contributed by atoms with Crippen molar-refractivity contribution in [2.24, 2.45) is 0 Å². The van der Waals surface area contributed by atoms with Gasteiger partial charge in [-0.25, -0.2) is 13.4 Å². The smallest absolute Gasteiger partial charge is 0.263 e. The largest absolute Gasteiger partial charge is 0.431 e. The van der Waals surface area contributed by atoms with Gasteiger partial charge in [0, 0.05) is 5.69 Å². The SMILES string of the molecule is CCC(Sc1nc2ccccc2o1)C(=O)Nc1ccc(S(=O)(=O)Nc2nnc(C)s2)cc1. The highest BCUT2D eigenvalue weighted by Crippen LogP contribution is 2.29. The van der Waals surface area contributed by atoms with Crippen molar-refractivity contribution in [2.75, 3.05) is 10.0 Å². The molecule has 0 aliphatic heterocycles. The fourth-order valence-corrected chi connectivity index (χ4v) is 5.48. The van der Waals surface area contributed by atoms with E-state index >= 15 is 0 Å². The normalized spacial score (nSPS) is 12.6. The van der Waals surface area contributed by atoms with Crippen molar-refractivity contribution in [1.82, 2.24) is 15.2 Å². The molecule has 1 amide bonds. The van der Waals surface area contributed by atoms with Crippen molar-refractivity contribution in [3.63, 3.8) is 0 Å². The van der Waals surface area contributed by atoms with Crippen molar-refractivity contribution in [3.05, 3.63) is 53.5 Å². The molecule has 0 fully saturated rings. The molecule has 2 heterocycles. The van der Waals surface area contributed by atoms with Crippen LogP contribution in [-0.4, -0.2) is 34.8 Å². The maximum Gasteiger partial charge on any atom is 0.263 e. The van der Waals surface area contributed by atoms with Gasteiger partial charge in [0.05, 0.1) is 10.1 Å². The molecule has 1 atom stereocenters. The Balaban J connectivity index is 1.41. The van der Waals surface area contributed by atoms with Crippen LogP contribution >= 0.6 is 23.1 Å². The van der Waals surface area contributed by atoms with Gasteiger partial charge in [-0.3, -0.25) is 9.52 Å². The van der Waals surface area contributed by atoms with Crippen LogP contribution in [0, 0.1) is 6.92 Å². The number of hydrogen-bond acceptors (Lipinski definition) is 9. The highest BCUT2D eigenvalue weighted by Gasteiger charge is 2.22. The van der Waals surface area contributed by atoms with Crippen LogP contribution < -0.4 is 10.0 Å². The standard InChI is InChI=1S/C20H19N5O4S3/c1-3-17(31-20-22-15-6-4-5-7-16(15)29-20)18(26)21-13-8-10-14(11-9-13)32(27,28)25-19-24-23-12(2)30-19/h4-11,17H,3H2,1-2H3,(H,21,26)(H,24,25). The monoisotopic (exact) mass is 489 g/mol. The van der Waals surface area contributed by atoms with E-state index < -0.39 is 15.3 Å². The molecule has 0 aliphatic rings. The zero-order valence-corrected chi connectivity index (χ0v) is 19.6. The van der Waals surface area contributed by atoms with Crippen molar-refractivity contribution in [3.8, 4) is 0 Å². The van der Waals surface area contributed by atoms with Crippen molar-refractivity contribution in [2.45, 2.75) is 35.6 Å². The van der Waals surface area contributed by atoms with Crippen LogP contribution in [0.1, 0.15) is 18.4 Å². The average molecular weight is 490 g/mol. The Hall–Kier alpha value is -2.96. The summed E-state index contributed by atoms with van der Waals surface area (Å²) < 4.78 is 33.1. The maximum absolute atomic E-state index is 12.7. The van der Waals surface area contributed by atoms with Crippen LogP contribution in [0.25, 0.3) is 11.1 Å². The van der Waals surface area contributed by atoms with Crippen LogP contribution in [0.2, 0.25) is 0 Å². The number of para-hydroxylation sites is 2. The predicted octanol–water partition coefficient (Wildman–Crippen LogP) is 4.30. The molecule has 4 rings (SSSR count). The predicted molar refractivity (Wildman–Crippen MR) is 124 cm³/mol. The molecule has 32 heavy (non-hydrogen) atoms. The van der Waals surface area contributed by atoms with Crippen LogP contribution in [0.15, 0.2) is 63.1 Å². The summed E-state index contributed by atoms with van der Waals surface area (Å²) in [6, 6.07) is 13.3. The number of oxazole rings is 1. The van der Waals surface area contributed by atoms with E-state index in [1.165, 1.54) is 36.0 Å². The second-order valence-corrected chi connectivity index (χ2v) is 10.7. The fourth-order valence-electron chi connectivity index (χ4n) is 2.80. The van der Waals surface area contributed by atoms with E-state index in [-0.39, 0.29) is 15.9 Å². The number of aryl methyl sites for hydroxylation is 1. The Kier molecular flexibility index (Phi) is 6.44. The van der Waals surface area contributed by atoms with Crippen LogP contribution in [0.3, 0.4) is 0 Å². The van der Waals surface area contributed by atoms with E-state index in [4.69, 9.17) is 4.42 Å². The van der Waals surface area contributed by atoms with Crippen LogP contribution in [-0.2, 0) is 14.8 Å². The summed E-state index contributed by atoms with van der Waals surface area (Å²) in [6.07, 6.45) is 0.562. The number of sulfonamides is 1. The molecule has 2 N–H and O–H groups in total. The lowest BCUT2D eigenvalue weighted by atomic mass is 10.3. The molecule has 0 aliphatic carbocycles. The Bertz CT molecular complexity index is 1320. The summed E-state index contributed by atoms with van der Waals surface area (Å²) in [6.45, 7) is 3.63. The number of carbonyl (C=O) groups is 1. The first-order valence-corrected chi connectivity index (χ1v) is 12.8. The first-order chi connectivity index (χ1) is 15.3. The molecule has 0 saturated carbocycles. The third kappa shape index (κ3) is 5.09. The summed E-state index contributed by atoms with van der Waals surface area (Å²) >= 11 is 2.39. The van der Waals surface area contributed by atoms with Gasteiger partial charge < -0.3 is 9.73 Å². The van der Waals surface area contributed by atoms with E-state index in [0.717, 1.165) is 16.9 Å². The number of hydrogen-bond donors (Lipinski definition) is 2. The highest BCUT2D eigenvalue weighted by molar-refractivity contribution is 8.00. The van der Waals surface area contributed by atoms with Crippen LogP contribution in [0.4, 0.5) is 10.8 Å². The summed E-state index contributed by atoms with van der Waals surface area (Å²) in [4.78, 5) is 17.2. The number of aromatic nitrogens is 3. The molecule has 12 heteroatoms. The molecule has 0 radical (unpaired) electrons. The number of thioether (sulfide) groups is 1. The minimum atomic E-state index is -3.80. The number of benzene rings is 2. The Labute approximate surface area is 192 Å². The zero-order valence-electron chi connectivity index (χ0n) is 17.1. The van der Waals surface area contributed by atoms with Gasteiger partial charge >= 0.3 is 0 Å². The summed E-state index contributed by atoms with van der Waals surface area (Å²) in [7, 11) is -3.80. The minimum Gasteiger partial charge on any atom is -0.431 e. The summed E-state index contributed by atoms with van der Waals surface area (Å²) in [5.74, 6) is -0.224. The van der Waals surface area contributed by atoms with E-state index in [1.54, 1.807) is 6.92 Å².